The van der Waals surface area contributed by atoms with Gasteiger partial charge in [0.25, 0.3) is 0 Å². The molecule has 0 aliphatic carbocycles. The van der Waals surface area contributed by atoms with Crippen molar-refractivity contribution in [3.8, 4) is 0 Å². The lowest BCUT2D eigenvalue weighted by atomic mass is 10.0. The normalized spacial score (nSPS) is 11.7. The van der Waals surface area contributed by atoms with Gasteiger partial charge in [-0.3, -0.25) is 9.59 Å². The molecule has 0 radical (unpaired) electrons. The van der Waals surface area contributed by atoms with Crippen LogP contribution in [-0.4, -0.2) is 23.3 Å². The van der Waals surface area contributed by atoms with E-state index in [0.29, 0.717) is 13.0 Å². The molecule has 4 heteroatoms. The molecule has 2 aromatic carbocycles. The van der Waals surface area contributed by atoms with Crippen molar-refractivity contribution >= 4 is 11.8 Å². The van der Waals surface area contributed by atoms with Crippen LogP contribution in [0, 0.1) is 0 Å². The molecule has 0 heterocycles. The second kappa shape index (κ2) is 7.41. The van der Waals surface area contributed by atoms with E-state index in [1.165, 1.54) is 11.8 Å². The molecule has 114 valence electrons. The zero-order chi connectivity index (χ0) is 15.9. The molecule has 2 N–H and O–H groups in total. The van der Waals surface area contributed by atoms with Gasteiger partial charge in [-0.2, -0.15) is 0 Å². The van der Waals surface area contributed by atoms with E-state index < -0.39 is 11.9 Å². The highest BCUT2D eigenvalue weighted by molar-refractivity contribution is 5.86. The van der Waals surface area contributed by atoms with E-state index in [9.17, 15) is 9.59 Å². The zero-order valence-corrected chi connectivity index (χ0v) is 12.6. The summed E-state index contributed by atoms with van der Waals surface area (Å²) < 4.78 is 0. The second-order valence-corrected chi connectivity index (χ2v) is 5.16. The van der Waals surface area contributed by atoms with Gasteiger partial charge in [0, 0.05) is 13.5 Å². The number of carbonyl (C=O) groups excluding carboxylic acids is 2. The van der Waals surface area contributed by atoms with Gasteiger partial charge in [0.05, 0.1) is 0 Å². The van der Waals surface area contributed by atoms with E-state index >= 15 is 0 Å². The molecule has 4 nitrogen and oxygen atoms in total. The molecule has 0 aliphatic rings. The Kier molecular flexibility index (Phi) is 5.31. The molecule has 22 heavy (non-hydrogen) atoms. The molecular formula is C18H20N2O2. The van der Waals surface area contributed by atoms with Crippen molar-refractivity contribution in [2.75, 3.05) is 6.54 Å². The molecular weight excluding hydrogens is 276 g/mol. The van der Waals surface area contributed by atoms with Gasteiger partial charge in [0.1, 0.15) is 6.04 Å². The fourth-order valence-electron chi connectivity index (χ4n) is 2.50. The number of benzene rings is 2. The molecule has 0 saturated carbocycles. The smallest absolute Gasteiger partial charge is 0.244 e. The Bertz CT molecular complexity index is 626. The molecule has 0 saturated heterocycles. The maximum atomic E-state index is 12.0. The molecule has 0 spiro atoms. The van der Waals surface area contributed by atoms with E-state index in [4.69, 9.17) is 5.73 Å². The van der Waals surface area contributed by atoms with Crippen molar-refractivity contribution in [1.29, 1.82) is 0 Å². The number of carbonyl (C=O) groups is 2. The first-order valence-electron chi connectivity index (χ1n) is 7.25. The minimum Gasteiger partial charge on any atom is -0.368 e. The summed E-state index contributed by atoms with van der Waals surface area (Å²) in [6.07, 6.45) is 0.678. The standard InChI is InChI=1S/C18H20N2O2/c1-14(21)20(13-12-15-8-4-2-5-9-15)17(18(19)22)16-10-6-3-7-11-16/h2-11,17H,12-13H2,1H3,(H2,19,22). The first-order valence-corrected chi connectivity index (χ1v) is 7.25. The summed E-state index contributed by atoms with van der Waals surface area (Å²) >= 11 is 0. The van der Waals surface area contributed by atoms with Crippen LogP contribution < -0.4 is 5.73 Å². The van der Waals surface area contributed by atoms with Crippen LogP contribution in [0.2, 0.25) is 0 Å². The summed E-state index contributed by atoms with van der Waals surface area (Å²) in [6, 6.07) is 18.3. The molecule has 2 amide bonds. The summed E-state index contributed by atoms with van der Waals surface area (Å²) in [5, 5.41) is 0. The average Bonchev–Trinajstić information content (AvgIpc) is 2.52. The number of primary amides is 1. The van der Waals surface area contributed by atoms with Crippen LogP contribution in [-0.2, 0) is 16.0 Å². The van der Waals surface area contributed by atoms with E-state index in [1.807, 2.05) is 60.7 Å². The number of nitrogens with zero attached hydrogens (tertiary/aromatic N) is 1. The highest BCUT2D eigenvalue weighted by atomic mass is 16.2. The van der Waals surface area contributed by atoms with Gasteiger partial charge in [0.2, 0.25) is 11.8 Å². The highest BCUT2D eigenvalue weighted by Gasteiger charge is 2.27. The molecule has 1 unspecified atom stereocenters. The number of hydrogen-bond acceptors (Lipinski definition) is 2. The van der Waals surface area contributed by atoms with Crippen molar-refractivity contribution in [3.05, 3.63) is 71.8 Å². The number of nitrogens with two attached hydrogens (primary N) is 1. The molecule has 1 atom stereocenters. The van der Waals surface area contributed by atoms with E-state index in [-0.39, 0.29) is 5.91 Å². The molecule has 0 aliphatic heterocycles. The molecule has 0 bridgehead atoms. The van der Waals surface area contributed by atoms with Gasteiger partial charge in [-0.25, -0.2) is 0 Å². The lowest BCUT2D eigenvalue weighted by Crippen LogP contribution is -2.41. The van der Waals surface area contributed by atoms with Crippen LogP contribution in [0.15, 0.2) is 60.7 Å². The summed E-state index contributed by atoms with van der Waals surface area (Å²) in [7, 11) is 0. The van der Waals surface area contributed by atoms with Crippen LogP contribution >= 0.6 is 0 Å². The lowest BCUT2D eigenvalue weighted by molar-refractivity contribution is -0.137. The fourth-order valence-corrected chi connectivity index (χ4v) is 2.50. The Morgan fingerprint density at radius 2 is 1.55 bits per heavy atom. The van der Waals surface area contributed by atoms with Gasteiger partial charge in [-0.05, 0) is 17.5 Å². The largest absolute Gasteiger partial charge is 0.368 e. The van der Waals surface area contributed by atoms with Crippen molar-refractivity contribution < 1.29 is 9.59 Å². The maximum Gasteiger partial charge on any atom is 0.244 e. The third-order valence-corrected chi connectivity index (χ3v) is 3.59. The highest BCUT2D eigenvalue weighted by Crippen LogP contribution is 2.21. The topological polar surface area (TPSA) is 63.4 Å². The Morgan fingerprint density at radius 1 is 1.00 bits per heavy atom. The van der Waals surface area contributed by atoms with E-state index in [2.05, 4.69) is 0 Å². The third kappa shape index (κ3) is 3.95. The third-order valence-electron chi connectivity index (χ3n) is 3.59. The monoisotopic (exact) mass is 296 g/mol. The first-order chi connectivity index (χ1) is 10.6. The van der Waals surface area contributed by atoms with Crippen molar-refractivity contribution in [2.45, 2.75) is 19.4 Å². The van der Waals surface area contributed by atoms with Crippen LogP contribution in [0.4, 0.5) is 0 Å². The summed E-state index contributed by atoms with van der Waals surface area (Å²) in [4.78, 5) is 25.4. The Labute approximate surface area is 130 Å². The van der Waals surface area contributed by atoms with E-state index in [0.717, 1.165) is 11.1 Å². The van der Waals surface area contributed by atoms with Gasteiger partial charge in [-0.1, -0.05) is 60.7 Å². The van der Waals surface area contributed by atoms with Crippen molar-refractivity contribution in [3.63, 3.8) is 0 Å². The average molecular weight is 296 g/mol. The predicted octanol–water partition coefficient (Wildman–Crippen LogP) is 2.30. The maximum absolute atomic E-state index is 12.0. The Balaban J connectivity index is 2.21. The van der Waals surface area contributed by atoms with Gasteiger partial charge in [-0.15, -0.1) is 0 Å². The molecule has 2 rings (SSSR count). The lowest BCUT2D eigenvalue weighted by Gasteiger charge is -2.29. The number of rotatable bonds is 6. The zero-order valence-electron chi connectivity index (χ0n) is 12.6. The van der Waals surface area contributed by atoms with Gasteiger partial charge >= 0.3 is 0 Å². The number of hydrogen-bond donors (Lipinski definition) is 1. The molecule has 0 fully saturated rings. The van der Waals surface area contributed by atoms with Gasteiger partial charge < -0.3 is 10.6 Å². The predicted molar refractivity (Wildman–Crippen MR) is 85.9 cm³/mol. The quantitative estimate of drug-likeness (QED) is 0.889. The summed E-state index contributed by atoms with van der Waals surface area (Å²) in [5.41, 5.74) is 7.39. The van der Waals surface area contributed by atoms with Crippen LogP contribution in [0.3, 0.4) is 0 Å². The Hall–Kier alpha value is -2.62. The minimum absolute atomic E-state index is 0.163. The van der Waals surface area contributed by atoms with Crippen molar-refractivity contribution in [1.82, 2.24) is 4.90 Å². The van der Waals surface area contributed by atoms with Crippen LogP contribution in [0.25, 0.3) is 0 Å². The summed E-state index contributed by atoms with van der Waals surface area (Å²) in [5.74, 6) is -0.682. The molecule has 2 aromatic rings. The number of amides is 2. The fraction of sp³-hybridized carbons (Fsp3) is 0.222. The van der Waals surface area contributed by atoms with Crippen LogP contribution in [0.5, 0.6) is 0 Å². The SMILES string of the molecule is CC(=O)N(CCc1ccccc1)C(C(N)=O)c1ccccc1. The first kappa shape index (κ1) is 15.8. The minimum atomic E-state index is -0.734. The van der Waals surface area contributed by atoms with Gasteiger partial charge in [0.15, 0.2) is 0 Å². The van der Waals surface area contributed by atoms with E-state index in [1.54, 1.807) is 0 Å². The Morgan fingerprint density at radius 3 is 2.05 bits per heavy atom. The second-order valence-electron chi connectivity index (χ2n) is 5.16. The molecule has 0 aromatic heterocycles. The van der Waals surface area contributed by atoms with Crippen LogP contribution in [0.1, 0.15) is 24.1 Å². The summed E-state index contributed by atoms with van der Waals surface area (Å²) in [6.45, 7) is 1.91. The van der Waals surface area contributed by atoms with Crippen molar-refractivity contribution in [2.24, 2.45) is 5.73 Å².